The first-order chi connectivity index (χ1) is 8.13. The molecule has 0 bridgehead atoms. The lowest BCUT2D eigenvalue weighted by molar-refractivity contribution is -0.132. The molecule has 17 heavy (non-hydrogen) atoms. The van der Waals surface area contributed by atoms with Gasteiger partial charge in [0.2, 0.25) is 0 Å². The van der Waals surface area contributed by atoms with Crippen molar-refractivity contribution in [3.05, 3.63) is 41.5 Å². The van der Waals surface area contributed by atoms with Gasteiger partial charge in [0.1, 0.15) is 0 Å². The molecule has 0 aliphatic heterocycles. The Morgan fingerprint density at radius 2 is 2.00 bits per heavy atom. The van der Waals surface area contributed by atoms with Crippen LogP contribution in [0.4, 0.5) is 5.69 Å². The lowest BCUT2D eigenvalue weighted by Gasteiger charge is -2.05. The molecule has 0 radical (unpaired) electrons. The number of rotatable bonds is 6. The van der Waals surface area contributed by atoms with Crippen molar-refractivity contribution < 1.29 is 9.90 Å². The number of nitrogens with one attached hydrogen (secondary N) is 1. The number of aliphatic carboxylic acids is 1. The summed E-state index contributed by atoms with van der Waals surface area (Å²) in [4.78, 5) is 10.6. The summed E-state index contributed by atoms with van der Waals surface area (Å²) in [5, 5.41) is 11.8. The lowest BCUT2D eigenvalue weighted by atomic mass is 10.1. The van der Waals surface area contributed by atoms with E-state index in [1.807, 2.05) is 12.1 Å². The third-order valence-corrected chi connectivity index (χ3v) is 2.54. The van der Waals surface area contributed by atoms with E-state index < -0.39 is 5.97 Å². The van der Waals surface area contributed by atoms with Crippen LogP contribution in [0, 0.1) is 0 Å². The maximum atomic E-state index is 10.6. The Labute approximate surface area is 102 Å². The van der Waals surface area contributed by atoms with Crippen LogP contribution in [-0.4, -0.2) is 17.6 Å². The van der Waals surface area contributed by atoms with Crippen LogP contribution in [0.15, 0.2) is 35.9 Å². The monoisotopic (exact) mass is 233 g/mol. The number of benzene rings is 1. The second-order valence-electron chi connectivity index (χ2n) is 4.02. The molecule has 0 fully saturated rings. The van der Waals surface area contributed by atoms with Crippen molar-refractivity contribution in [2.75, 3.05) is 11.9 Å². The molecule has 2 N–H and O–H groups in total. The molecule has 0 heterocycles. The van der Waals surface area contributed by atoms with Crippen molar-refractivity contribution in [1.82, 2.24) is 0 Å². The highest BCUT2D eigenvalue weighted by Gasteiger charge is 1.98. The maximum absolute atomic E-state index is 10.6. The quantitative estimate of drug-likeness (QED) is 0.742. The van der Waals surface area contributed by atoms with Gasteiger partial charge in [-0.15, -0.1) is 0 Å². The fraction of sp³-hybridized carbons (Fsp3) is 0.357. The van der Waals surface area contributed by atoms with Gasteiger partial charge >= 0.3 is 5.97 Å². The third-order valence-electron chi connectivity index (χ3n) is 2.54. The number of carboxylic acid groups (broad SMARTS) is 1. The van der Waals surface area contributed by atoms with Gasteiger partial charge < -0.3 is 10.4 Å². The van der Waals surface area contributed by atoms with Crippen LogP contribution in [0.5, 0.6) is 0 Å². The molecule has 3 nitrogen and oxygen atoms in total. The van der Waals surface area contributed by atoms with E-state index in [4.69, 9.17) is 5.11 Å². The van der Waals surface area contributed by atoms with Gasteiger partial charge in [-0.3, -0.25) is 0 Å². The molecule has 1 rings (SSSR count). The largest absolute Gasteiger partial charge is 0.478 e. The summed E-state index contributed by atoms with van der Waals surface area (Å²) in [7, 11) is 0. The fourth-order valence-electron chi connectivity index (χ4n) is 1.49. The van der Waals surface area contributed by atoms with Crippen molar-refractivity contribution in [1.29, 1.82) is 0 Å². The molecule has 0 unspecified atom stereocenters. The molecule has 92 valence electrons. The average Bonchev–Trinajstić information content (AvgIpc) is 2.31. The molecule has 0 atom stereocenters. The fourth-order valence-corrected chi connectivity index (χ4v) is 1.49. The Morgan fingerprint density at radius 3 is 2.53 bits per heavy atom. The Hall–Kier alpha value is -1.77. The number of carboxylic acids is 1. The third kappa shape index (κ3) is 4.72. The van der Waals surface area contributed by atoms with Gasteiger partial charge in [-0.1, -0.05) is 31.6 Å². The standard InChI is InChI=1S/C14H19NO2/c1-3-4-12-5-7-13(8-6-12)15-10-9-11(2)14(16)17/h5-9,15H,3-4,10H2,1-2H3,(H,16,17)/b11-9-. The molecule has 0 spiro atoms. The average molecular weight is 233 g/mol. The van der Waals surface area contributed by atoms with E-state index >= 15 is 0 Å². The minimum atomic E-state index is -0.870. The van der Waals surface area contributed by atoms with E-state index in [1.54, 1.807) is 13.0 Å². The Morgan fingerprint density at radius 1 is 1.35 bits per heavy atom. The molecule has 0 saturated heterocycles. The maximum Gasteiger partial charge on any atom is 0.331 e. The minimum Gasteiger partial charge on any atom is -0.478 e. The van der Waals surface area contributed by atoms with Gasteiger partial charge in [0.05, 0.1) is 0 Å². The zero-order valence-corrected chi connectivity index (χ0v) is 10.4. The number of hydrogen-bond acceptors (Lipinski definition) is 2. The zero-order valence-electron chi connectivity index (χ0n) is 10.4. The van der Waals surface area contributed by atoms with Crippen molar-refractivity contribution in [2.24, 2.45) is 0 Å². The van der Waals surface area contributed by atoms with Gasteiger partial charge in [0.15, 0.2) is 0 Å². The van der Waals surface area contributed by atoms with Crippen molar-refractivity contribution in [2.45, 2.75) is 26.7 Å². The lowest BCUT2D eigenvalue weighted by Crippen LogP contribution is -2.03. The van der Waals surface area contributed by atoms with Crippen molar-refractivity contribution in [3.8, 4) is 0 Å². The summed E-state index contributed by atoms with van der Waals surface area (Å²) in [6.07, 6.45) is 3.91. The van der Waals surface area contributed by atoms with E-state index in [9.17, 15) is 4.79 Å². The van der Waals surface area contributed by atoms with E-state index in [0.717, 1.165) is 18.5 Å². The normalized spacial score (nSPS) is 11.3. The SMILES string of the molecule is CCCc1ccc(NC/C=C(/C)C(=O)O)cc1. The summed E-state index contributed by atoms with van der Waals surface area (Å²) in [6, 6.07) is 8.24. The van der Waals surface area contributed by atoms with Crippen LogP contribution in [0.25, 0.3) is 0 Å². The minimum absolute atomic E-state index is 0.361. The highest BCUT2D eigenvalue weighted by Crippen LogP contribution is 2.10. The van der Waals surface area contributed by atoms with Crippen LogP contribution in [0.2, 0.25) is 0 Å². The van der Waals surface area contributed by atoms with Gasteiger partial charge in [-0.05, 0) is 31.0 Å². The summed E-state index contributed by atoms with van der Waals surface area (Å²) >= 11 is 0. The smallest absolute Gasteiger partial charge is 0.331 e. The number of anilines is 1. The van der Waals surface area contributed by atoms with Gasteiger partial charge in [-0.25, -0.2) is 4.79 Å². The highest BCUT2D eigenvalue weighted by molar-refractivity contribution is 5.85. The van der Waals surface area contributed by atoms with Crippen LogP contribution in [0.1, 0.15) is 25.8 Å². The first-order valence-electron chi connectivity index (χ1n) is 5.86. The van der Waals surface area contributed by atoms with E-state index in [1.165, 1.54) is 5.56 Å². The van der Waals surface area contributed by atoms with Gasteiger partial charge in [0.25, 0.3) is 0 Å². The summed E-state index contributed by atoms with van der Waals surface area (Å²) in [6.45, 7) is 4.28. The first-order valence-corrected chi connectivity index (χ1v) is 5.86. The summed E-state index contributed by atoms with van der Waals surface area (Å²) < 4.78 is 0. The van der Waals surface area contributed by atoms with E-state index in [0.29, 0.717) is 12.1 Å². The summed E-state index contributed by atoms with van der Waals surface area (Å²) in [5.41, 5.74) is 2.70. The van der Waals surface area contributed by atoms with Gasteiger partial charge in [-0.2, -0.15) is 0 Å². The molecular weight excluding hydrogens is 214 g/mol. The topological polar surface area (TPSA) is 49.3 Å². The Kier molecular flexibility index (Phi) is 5.27. The van der Waals surface area contributed by atoms with Crippen LogP contribution in [-0.2, 0) is 11.2 Å². The van der Waals surface area contributed by atoms with Gasteiger partial charge in [0, 0.05) is 17.8 Å². The second-order valence-corrected chi connectivity index (χ2v) is 4.02. The van der Waals surface area contributed by atoms with Crippen molar-refractivity contribution >= 4 is 11.7 Å². The molecule has 0 aliphatic carbocycles. The predicted octanol–water partition coefficient (Wildman–Crippen LogP) is 3.08. The Balaban J connectivity index is 2.47. The second kappa shape index (κ2) is 6.74. The first kappa shape index (κ1) is 13.3. The van der Waals surface area contributed by atoms with Crippen LogP contribution < -0.4 is 5.32 Å². The van der Waals surface area contributed by atoms with Crippen molar-refractivity contribution in [3.63, 3.8) is 0 Å². The summed E-state index contributed by atoms with van der Waals surface area (Å²) in [5.74, 6) is -0.870. The predicted molar refractivity (Wildman–Crippen MR) is 70.3 cm³/mol. The molecule has 0 amide bonds. The van der Waals surface area contributed by atoms with E-state index in [-0.39, 0.29) is 0 Å². The molecule has 3 heteroatoms. The van der Waals surface area contributed by atoms with Crippen LogP contribution >= 0.6 is 0 Å². The highest BCUT2D eigenvalue weighted by atomic mass is 16.4. The molecular formula is C14H19NO2. The molecule has 0 aromatic heterocycles. The number of carbonyl (C=O) groups is 1. The van der Waals surface area contributed by atoms with Crippen LogP contribution in [0.3, 0.4) is 0 Å². The molecule has 1 aromatic rings. The molecule has 0 saturated carbocycles. The molecule has 1 aromatic carbocycles. The number of hydrogen-bond donors (Lipinski definition) is 2. The van der Waals surface area contributed by atoms with E-state index in [2.05, 4.69) is 24.4 Å². The molecule has 0 aliphatic rings. The number of aryl methyl sites for hydroxylation is 1. The Bertz CT molecular complexity index is 393. The zero-order chi connectivity index (χ0) is 12.7.